The monoisotopic (exact) mass is 337 g/mol. The lowest BCUT2D eigenvalue weighted by Crippen LogP contribution is -2.26. The summed E-state index contributed by atoms with van der Waals surface area (Å²) in [5, 5.41) is 10.9. The van der Waals surface area contributed by atoms with E-state index >= 15 is 0 Å². The zero-order chi connectivity index (χ0) is 17.2. The molecule has 0 unspecified atom stereocenters. The van der Waals surface area contributed by atoms with Crippen molar-refractivity contribution in [3.63, 3.8) is 0 Å². The average Bonchev–Trinajstić information content (AvgIpc) is 3.18. The second-order valence-corrected chi connectivity index (χ2v) is 5.56. The molecule has 8 heteroatoms. The Balaban J connectivity index is 1.41. The van der Waals surface area contributed by atoms with Gasteiger partial charge in [-0.1, -0.05) is 18.2 Å². The smallest absolute Gasteiger partial charge is 0.408 e. The minimum Gasteiger partial charge on any atom is -0.408 e. The lowest BCUT2D eigenvalue weighted by atomic mass is 10.3. The number of benzene rings is 1. The van der Waals surface area contributed by atoms with Gasteiger partial charge in [0.2, 0.25) is 5.91 Å². The molecule has 0 saturated heterocycles. The predicted molar refractivity (Wildman–Crippen MR) is 89.9 cm³/mol. The molecule has 0 atom stereocenters. The predicted octanol–water partition coefficient (Wildman–Crippen LogP) is 1.34. The van der Waals surface area contributed by atoms with Crippen molar-refractivity contribution in [1.29, 1.82) is 0 Å². The number of nitrogens with zero attached hydrogens (tertiary/aromatic N) is 4. The molecule has 0 aliphatic carbocycles. The van der Waals surface area contributed by atoms with Gasteiger partial charge in [0.25, 0.3) is 0 Å². The first-order chi connectivity index (χ1) is 12.2. The Labute approximate surface area is 141 Å². The van der Waals surface area contributed by atoms with Gasteiger partial charge in [0.1, 0.15) is 0 Å². The number of aromatic nitrogens is 4. The molecule has 3 aromatic heterocycles. The lowest BCUT2D eigenvalue weighted by molar-refractivity contribution is -0.121. The van der Waals surface area contributed by atoms with E-state index in [-0.39, 0.29) is 25.4 Å². The van der Waals surface area contributed by atoms with Crippen LogP contribution in [-0.4, -0.2) is 25.1 Å². The van der Waals surface area contributed by atoms with Crippen LogP contribution in [0.5, 0.6) is 0 Å². The summed E-state index contributed by atoms with van der Waals surface area (Å²) in [6, 6.07) is 12.7. The molecule has 0 saturated carbocycles. The molecule has 1 N–H and O–H groups in total. The second-order valence-electron chi connectivity index (χ2n) is 5.56. The van der Waals surface area contributed by atoms with Crippen LogP contribution < -0.4 is 11.1 Å². The number of para-hydroxylation sites is 2. The van der Waals surface area contributed by atoms with E-state index in [1.54, 1.807) is 18.2 Å². The minimum atomic E-state index is -0.461. The van der Waals surface area contributed by atoms with Crippen LogP contribution in [0.15, 0.2) is 57.9 Å². The second kappa shape index (κ2) is 6.23. The standard InChI is InChI=1S/C17H15N5O3/c23-16(18-11-15-20-19-14-7-3-4-9-22(14)15)8-10-21-12-5-1-2-6-13(12)25-17(21)24/h1-7,9H,8,10-11H2,(H,18,23). The summed E-state index contributed by atoms with van der Waals surface area (Å²) in [5.74, 6) is 0.0113. The lowest BCUT2D eigenvalue weighted by Gasteiger charge is -2.05. The highest BCUT2D eigenvalue weighted by Crippen LogP contribution is 2.12. The average molecular weight is 337 g/mol. The fourth-order valence-corrected chi connectivity index (χ4v) is 2.72. The van der Waals surface area contributed by atoms with Crippen molar-refractivity contribution < 1.29 is 9.21 Å². The van der Waals surface area contributed by atoms with Crippen molar-refractivity contribution in [1.82, 2.24) is 24.5 Å². The van der Waals surface area contributed by atoms with Gasteiger partial charge in [-0.05, 0) is 24.3 Å². The summed E-state index contributed by atoms with van der Waals surface area (Å²) in [7, 11) is 0. The number of hydrogen-bond donors (Lipinski definition) is 1. The zero-order valence-corrected chi connectivity index (χ0v) is 13.3. The van der Waals surface area contributed by atoms with Gasteiger partial charge in [0.15, 0.2) is 17.1 Å². The molecule has 4 rings (SSSR count). The Hall–Kier alpha value is -3.42. The third kappa shape index (κ3) is 2.89. The molecule has 0 bridgehead atoms. The molecular weight excluding hydrogens is 322 g/mol. The van der Waals surface area contributed by atoms with Gasteiger partial charge < -0.3 is 9.73 Å². The SMILES string of the molecule is O=C(CCn1c(=O)oc2ccccc21)NCc1nnc2ccccn12. The Morgan fingerprint density at radius 1 is 1.12 bits per heavy atom. The normalized spacial score (nSPS) is 11.2. The molecule has 1 aromatic carbocycles. The molecule has 8 nitrogen and oxygen atoms in total. The quantitative estimate of drug-likeness (QED) is 0.593. The fraction of sp³-hybridized carbons (Fsp3) is 0.176. The van der Waals surface area contributed by atoms with Crippen molar-refractivity contribution in [3.8, 4) is 0 Å². The van der Waals surface area contributed by atoms with Gasteiger partial charge in [-0.2, -0.15) is 0 Å². The summed E-state index contributed by atoms with van der Waals surface area (Å²) in [4.78, 5) is 24.0. The third-order valence-corrected chi connectivity index (χ3v) is 3.96. The molecule has 0 fully saturated rings. The number of nitrogens with one attached hydrogen (secondary N) is 1. The van der Waals surface area contributed by atoms with E-state index in [1.165, 1.54) is 4.57 Å². The molecule has 0 radical (unpaired) electrons. The van der Waals surface area contributed by atoms with Gasteiger partial charge in [-0.25, -0.2) is 4.79 Å². The van der Waals surface area contributed by atoms with Crippen molar-refractivity contribution in [2.75, 3.05) is 0 Å². The molecule has 0 spiro atoms. The van der Waals surface area contributed by atoms with E-state index in [0.29, 0.717) is 16.9 Å². The van der Waals surface area contributed by atoms with Crippen molar-refractivity contribution in [2.24, 2.45) is 0 Å². The first kappa shape index (κ1) is 15.1. The number of hydrogen-bond acceptors (Lipinski definition) is 5. The Kier molecular flexibility index (Phi) is 3.77. The highest BCUT2D eigenvalue weighted by molar-refractivity contribution is 5.76. The highest BCUT2D eigenvalue weighted by atomic mass is 16.4. The molecule has 0 aliphatic heterocycles. The summed E-state index contributed by atoms with van der Waals surface area (Å²) < 4.78 is 8.43. The number of amides is 1. The van der Waals surface area contributed by atoms with Crippen LogP contribution in [0.25, 0.3) is 16.7 Å². The van der Waals surface area contributed by atoms with Crippen LogP contribution in [-0.2, 0) is 17.9 Å². The Morgan fingerprint density at radius 3 is 2.88 bits per heavy atom. The van der Waals surface area contributed by atoms with Crippen LogP contribution in [0.3, 0.4) is 0 Å². The maximum Gasteiger partial charge on any atom is 0.419 e. The fourth-order valence-electron chi connectivity index (χ4n) is 2.72. The minimum absolute atomic E-state index is 0.167. The number of carbonyl (C=O) groups is 1. The maximum atomic E-state index is 12.1. The topological polar surface area (TPSA) is 94.4 Å². The van der Waals surface area contributed by atoms with Crippen LogP contribution in [0.2, 0.25) is 0 Å². The van der Waals surface area contributed by atoms with Crippen molar-refractivity contribution in [2.45, 2.75) is 19.5 Å². The molecule has 3 heterocycles. The van der Waals surface area contributed by atoms with E-state index in [9.17, 15) is 9.59 Å². The van der Waals surface area contributed by atoms with Gasteiger partial charge in [0.05, 0.1) is 12.1 Å². The van der Waals surface area contributed by atoms with Crippen LogP contribution >= 0.6 is 0 Å². The number of oxazole rings is 1. The van der Waals surface area contributed by atoms with Crippen LogP contribution in [0.1, 0.15) is 12.2 Å². The van der Waals surface area contributed by atoms with Crippen LogP contribution in [0, 0.1) is 0 Å². The summed E-state index contributed by atoms with van der Waals surface area (Å²) in [6.45, 7) is 0.521. The largest absolute Gasteiger partial charge is 0.419 e. The third-order valence-electron chi connectivity index (χ3n) is 3.96. The molecule has 25 heavy (non-hydrogen) atoms. The van der Waals surface area contributed by atoms with E-state index in [4.69, 9.17) is 4.42 Å². The van der Waals surface area contributed by atoms with Gasteiger partial charge in [0, 0.05) is 19.2 Å². The Morgan fingerprint density at radius 2 is 1.96 bits per heavy atom. The van der Waals surface area contributed by atoms with E-state index in [0.717, 1.165) is 5.65 Å². The maximum absolute atomic E-state index is 12.1. The van der Waals surface area contributed by atoms with Gasteiger partial charge in [-0.15, -0.1) is 10.2 Å². The number of carbonyl (C=O) groups excluding carboxylic acids is 1. The Bertz CT molecular complexity index is 1110. The number of rotatable bonds is 5. The summed E-state index contributed by atoms with van der Waals surface area (Å²) in [5.41, 5.74) is 1.93. The first-order valence-corrected chi connectivity index (χ1v) is 7.86. The first-order valence-electron chi connectivity index (χ1n) is 7.86. The molecule has 1 amide bonds. The number of fused-ring (bicyclic) bond motifs is 2. The summed E-state index contributed by atoms with van der Waals surface area (Å²) in [6.07, 6.45) is 2.01. The molecule has 0 aliphatic rings. The van der Waals surface area contributed by atoms with Gasteiger partial charge >= 0.3 is 5.76 Å². The number of aryl methyl sites for hydroxylation is 1. The molecule has 4 aromatic rings. The van der Waals surface area contributed by atoms with Crippen LogP contribution in [0.4, 0.5) is 0 Å². The van der Waals surface area contributed by atoms with Crippen molar-refractivity contribution in [3.05, 3.63) is 65.0 Å². The van der Waals surface area contributed by atoms with Crippen molar-refractivity contribution >= 4 is 22.7 Å². The summed E-state index contributed by atoms with van der Waals surface area (Å²) >= 11 is 0. The zero-order valence-electron chi connectivity index (χ0n) is 13.3. The molecule has 126 valence electrons. The van der Waals surface area contributed by atoms with E-state index in [2.05, 4.69) is 15.5 Å². The number of pyridine rings is 1. The van der Waals surface area contributed by atoms with E-state index < -0.39 is 5.76 Å². The van der Waals surface area contributed by atoms with Gasteiger partial charge in [-0.3, -0.25) is 13.8 Å². The highest BCUT2D eigenvalue weighted by Gasteiger charge is 2.11. The van der Waals surface area contributed by atoms with E-state index in [1.807, 2.05) is 34.9 Å². The molecular formula is C17H15N5O3.